The highest BCUT2D eigenvalue weighted by molar-refractivity contribution is 5.89. The SMILES string of the molecule is Cc1ccc(CNC(=O)COC(=O)c2ccc(-c3ccc([N+](=O)[O-])cc3)o2)cc1. The lowest BCUT2D eigenvalue weighted by Crippen LogP contribution is -2.28. The van der Waals surface area contributed by atoms with Gasteiger partial charge in [0.2, 0.25) is 5.76 Å². The molecule has 1 heterocycles. The van der Waals surface area contributed by atoms with Crippen molar-refractivity contribution in [2.24, 2.45) is 0 Å². The summed E-state index contributed by atoms with van der Waals surface area (Å²) in [6.45, 7) is 1.88. The second kappa shape index (κ2) is 8.83. The summed E-state index contributed by atoms with van der Waals surface area (Å²) in [6.07, 6.45) is 0. The predicted molar refractivity (Wildman–Crippen MR) is 104 cm³/mol. The largest absolute Gasteiger partial charge is 0.450 e. The van der Waals surface area contributed by atoms with Crippen LogP contribution >= 0.6 is 0 Å². The number of aryl methyl sites for hydroxylation is 1. The summed E-state index contributed by atoms with van der Waals surface area (Å²) >= 11 is 0. The molecule has 0 fully saturated rings. The summed E-state index contributed by atoms with van der Waals surface area (Å²) < 4.78 is 10.4. The number of amides is 1. The molecule has 0 aliphatic carbocycles. The molecule has 29 heavy (non-hydrogen) atoms. The second-order valence-corrected chi connectivity index (χ2v) is 6.31. The zero-order valence-electron chi connectivity index (χ0n) is 15.6. The monoisotopic (exact) mass is 394 g/mol. The van der Waals surface area contributed by atoms with Crippen LogP contribution in [-0.4, -0.2) is 23.4 Å². The molecule has 0 saturated heterocycles. The lowest BCUT2D eigenvalue weighted by Gasteiger charge is -2.06. The van der Waals surface area contributed by atoms with Crippen LogP contribution in [0.2, 0.25) is 0 Å². The predicted octanol–water partition coefficient (Wildman–Crippen LogP) is 3.64. The third-order valence-corrected chi connectivity index (χ3v) is 4.11. The fourth-order valence-corrected chi connectivity index (χ4v) is 2.51. The van der Waals surface area contributed by atoms with Crippen LogP contribution in [0.5, 0.6) is 0 Å². The third-order valence-electron chi connectivity index (χ3n) is 4.11. The van der Waals surface area contributed by atoms with E-state index in [0.717, 1.165) is 11.1 Å². The molecular weight excluding hydrogens is 376 g/mol. The molecule has 0 unspecified atom stereocenters. The van der Waals surface area contributed by atoms with Gasteiger partial charge in [0.05, 0.1) is 4.92 Å². The van der Waals surface area contributed by atoms with Gasteiger partial charge in [-0.15, -0.1) is 0 Å². The van der Waals surface area contributed by atoms with Crippen LogP contribution in [0.4, 0.5) is 5.69 Å². The van der Waals surface area contributed by atoms with E-state index >= 15 is 0 Å². The first-order valence-corrected chi connectivity index (χ1v) is 8.76. The van der Waals surface area contributed by atoms with Gasteiger partial charge in [-0.3, -0.25) is 14.9 Å². The third kappa shape index (κ3) is 5.29. The Morgan fingerprint density at radius 1 is 1.03 bits per heavy atom. The molecule has 1 aromatic heterocycles. The minimum Gasteiger partial charge on any atom is -0.450 e. The number of nitrogens with one attached hydrogen (secondary N) is 1. The number of carbonyl (C=O) groups excluding carboxylic acids is 2. The van der Waals surface area contributed by atoms with Crippen LogP contribution in [-0.2, 0) is 16.1 Å². The molecule has 0 saturated carbocycles. The van der Waals surface area contributed by atoms with E-state index in [1.54, 1.807) is 6.07 Å². The van der Waals surface area contributed by atoms with Gasteiger partial charge >= 0.3 is 5.97 Å². The van der Waals surface area contributed by atoms with E-state index < -0.39 is 23.4 Å². The van der Waals surface area contributed by atoms with Crippen molar-refractivity contribution in [3.63, 3.8) is 0 Å². The lowest BCUT2D eigenvalue weighted by molar-refractivity contribution is -0.384. The Kier molecular flexibility index (Phi) is 6.03. The highest BCUT2D eigenvalue weighted by Crippen LogP contribution is 2.24. The zero-order valence-corrected chi connectivity index (χ0v) is 15.6. The number of nitrogens with zero attached hydrogens (tertiary/aromatic N) is 1. The van der Waals surface area contributed by atoms with Crippen LogP contribution in [0.3, 0.4) is 0 Å². The Morgan fingerprint density at radius 3 is 2.38 bits per heavy atom. The van der Waals surface area contributed by atoms with Crippen LogP contribution in [0.25, 0.3) is 11.3 Å². The van der Waals surface area contributed by atoms with Gasteiger partial charge in [-0.25, -0.2) is 4.79 Å². The molecule has 8 heteroatoms. The molecule has 1 N–H and O–H groups in total. The maximum atomic E-state index is 12.1. The maximum Gasteiger partial charge on any atom is 0.374 e. The van der Waals surface area contributed by atoms with Crippen molar-refractivity contribution in [3.05, 3.63) is 87.7 Å². The van der Waals surface area contributed by atoms with Crippen LogP contribution in [0.1, 0.15) is 21.7 Å². The normalized spacial score (nSPS) is 10.4. The minimum atomic E-state index is -0.774. The molecule has 0 radical (unpaired) electrons. The Balaban J connectivity index is 1.51. The summed E-state index contributed by atoms with van der Waals surface area (Å²) in [5.74, 6) is -0.912. The van der Waals surface area contributed by atoms with Gasteiger partial charge in [0.1, 0.15) is 5.76 Å². The Labute approximate surface area is 166 Å². The van der Waals surface area contributed by atoms with E-state index in [4.69, 9.17) is 9.15 Å². The first kappa shape index (κ1) is 19.8. The Morgan fingerprint density at radius 2 is 1.72 bits per heavy atom. The first-order chi connectivity index (χ1) is 13.9. The minimum absolute atomic E-state index is 0.0448. The summed E-state index contributed by atoms with van der Waals surface area (Å²) in [7, 11) is 0. The van der Waals surface area contributed by atoms with Crippen molar-refractivity contribution >= 4 is 17.6 Å². The van der Waals surface area contributed by atoms with Crippen molar-refractivity contribution in [1.82, 2.24) is 5.32 Å². The number of ether oxygens (including phenoxy) is 1. The van der Waals surface area contributed by atoms with Gasteiger partial charge in [-0.2, -0.15) is 0 Å². The van der Waals surface area contributed by atoms with Gasteiger partial charge in [0.15, 0.2) is 6.61 Å². The molecule has 0 aliphatic rings. The zero-order chi connectivity index (χ0) is 20.8. The van der Waals surface area contributed by atoms with Crippen LogP contribution in [0.15, 0.2) is 65.1 Å². The van der Waals surface area contributed by atoms with E-state index in [0.29, 0.717) is 17.9 Å². The average molecular weight is 394 g/mol. The summed E-state index contributed by atoms with van der Waals surface area (Å²) in [5, 5.41) is 13.4. The van der Waals surface area contributed by atoms with Gasteiger partial charge in [0.25, 0.3) is 11.6 Å². The molecule has 1 amide bonds. The molecule has 3 aromatic rings. The van der Waals surface area contributed by atoms with E-state index in [-0.39, 0.29) is 11.4 Å². The van der Waals surface area contributed by atoms with Crippen molar-refractivity contribution in [2.45, 2.75) is 13.5 Å². The fraction of sp³-hybridized carbons (Fsp3) is 0.143. The molecule has 0 atom stereocenters. The van der Waals surface area contributed by atoms with Crippen molar-refractivity contribution in [3.8, 4) is 11.3 Å². The molecule has 0 spiro atoms. The standard InChI is InChI=1S/C21H18N2O6/c1-14-2-4-15(5-3-14)12-22-20(24)13-28-21(25)19-11-10-18(29-19)16-6-8-17(9-7-16)23(26)27/h2-11H,12-13H2,1H3,(H,22,24). The van der Waals surface area contributed by atoms with Crippen LogP contribution in [0, 0.1) is 17.0 Å². The number of non-ortho nitro benzene ring substituents is 1. The Hall–Kier alpha value is -3.94. The Bertz CT molecular complexity index is 1020. The molecular formula is C21H18N2O6. The summed E-state index contributed by atoms with van der Waals surface area (Å²) in [6, 6.07) is 16.4. The molecule has 148 valence electrons. The number of nitro benzene ring substituents is 1. The molecule has 3 rings (SSSR count). The number of rotatable bonds is 7. The van der Waals surface area contributed by atoms with Gasteiger partial charge in [-0.1, -0.05) is 29.8 Å². The smallest absolute Gasteiger partial charge is 0.374 e. The second-order valence-electron chi connectivity index (χ2n) is 6.31. The van der Waals surface area contributed by atoms with E-state index in [1.807, 2.05) is 31.2 Å². The number of esters is 1. The van der Waals surface area contributed by atoms with Crippen molar-refractivity contribution < 1.29 is 23.7 Å². The number of hydrogen-bond donors (Lipinski definition) is 1. The van der Waals surface area contributed by atoms with E-state index in [2.05, 4.69) is 5.32 Å². The van der Waals surface area contributed by atoms with Gasteiger partial charge in [-0.05, 0) is 36.8 Å². The van der Waals surface area contributed by atoms with Gasteiger partial charge in [0, 0.05) is 24.2 Å². The lowest BCUT2D eigenvalue weighted by atomic mass is 10.1. The topological polar surface area (TPSA) is 112 Å². The number of hydrogen-bond acceptors (Lipinski definition) is 6. The average Bonchev–Trinajstić information content (AvgIpc) is 3.22. The van der Waals surface area contributed by atoms with E-state index in [9.17, 15) is 19.7 Å². The van der Waals surface area contributed by atoms with E-state index in [1.165, 1.54) is 30.3 Å². The molecule has 2 aromatic carbocycles. The molecule has 0 aliphatic heterocycles. The quantitative estimate of drug-likeness (QED) is 0.372. The maximum absolute atomic E-state index is 12.1. The number of furan rings is 1. The van der Waals surface area contributed by atoms with Crippen molar-refractivity contribution in [1.29, 1.82) is 0 Å². The highest BCUT2D eigenvalue weighted by Gasteiger charge is 2.16. The number of nitro groups is 1. The number of benzene rings is 2. The van der Waals surface area contributed by atoms with Crippen molar-refractivity contribution in [2.75, 3.05) is 6.61 Å². The first-order valence-electron chi connectivity index (χ1n) is 8.76. The summed E-state index contributed by atoms with van der Waals surface area (Å²) in [4.78, 5) is 34.1. The van der Waals surface area contributed by atoms with Gasteiger partial charge < -0.3 is 14.5 Å². The number of carbonyl (C=O) groups is 2. The molecule has 8 nitrogen and oxygen atoms in total. The highest BCUT2D eigenvalue weighted by atomic mass is 16.6. The molecule has 0 bridgehead atoms. The fourth-order valence-electron chi connectivity index (χ4n) is 2.51. The van der Waals surface area contributed by atoms with Crippen LogP contribution < -0.4 is 5.32 Å². The summed E-state index contributed by atoms with van der Waals surface area (Å²) in [5.41, 5.74) is 2.59.